The molecular formula is C18H19N3O3. The average Bonchev–Trinajstić information content (AvgIpc) is 2.61. The summed E-state index contributed by atoms with van der Waals surface area (Å²) < 4.78 is 10.7. The van der Waals surface area contributed by atoms with Crippen molar-refractivity contribution in [2.24, 2.45) is 0 Å². The third-order valence-corrected chi connectivity index (χ3v) is 3.86. The Hall–Kier alpha value is -3.02. The SMILES string of the molecule is COc1ccc(OC)c(CN(C)c2nc3ccccc3c(=O)[nH]2)c1. The smallest absolute Gasteiger partial charge is 0.260 e. The van der Waals surface area contributed by atoms with Gasteiger partial charge in [-0.25, -0.2) is 4.98 Å². The van der Waals surface area contributed by atoms with Crippen LogP contribution in [0.4, 0.5) is 5.95 Å². The second kappa shape index (κ2) is 6.62. The summed E-state index contributed by atoms with van der Waals surface area (Å²) in [5.41, 5.74) is 1.45. The maximum atomic E-state index is 12.2. The van der Waals surface area contributed by atoms with Gasteiger partial charge >= 0.3 is 0 Å². The summed E-state index contributed by atoms with van der Waals surface area (Å²) in [5, 5.41) is 0.577. The van der Waals surface area contributed by atoms with E-state index < -0.39 is 0 Å². The fourth-order valence-electron chi connectivity index (χ4n) is 2.59. The number of H-pyrrole nitrogens is 1. The predicted molar refractivity (Wildman–Crippen MR) is 94.0 cm³/mol. The van der Waals surface area contributed by atoms with E-state index in [2.05, 4.69) is 9.97 Å². The van der Waals surface area contributed by atoms with Crippen molar-refractivity contribution >= 4 is 16.9 Å². The Morgan fingerprint density at radius 2 is 1.92 bits per heavy atom. The minimum absolute atomic E-state index is 0.153. The lowest BCUT2D eigenvalue weighted by Crippen LogP contribution is -2.23. The van der Waals surface area contributed by atoms with Crippen LogP contribution in [0, 0.1) is 0 Å². The van der Waals surface area contributed by atoms with Gasteiger partial charge in [0.1, 0.15) is 11.5 Å². The van der Waals surface area contributed by atoms with Crippen molar-refractivity contribution < 1.29 is 9.47 Å². The average molecular weight is 325 g/mol. The maximum absolute atomic E-state index is 12.2. The first-order valence-corrected chi connectivity index (χ1v) is 7.53. The van der Waals surface area contributed by atoms with Crippen LogP contribution >= 0.6 is 0 Å². The molecule has 0 aliphatic carbocycles. The molecule has 0 fully saturated rings. The van der Waals surface area contributed by atoms with Gasteiger partial charge in [0.05, 0.1) is 25.1 Å². The summed E-state index contributed by atoms with van der Waals surface area (Å²) in [7, 11) is 5.12. The van der Waals surface area contributed by atoms with Crippen LogP contribution in [0.3, 0.4) is 0 Å². The van der Waals surface area contributed by atoms with E-state index in [1.54, 1.807) is 20.3 Å². The highest BCUT2D eigenvalue weighted by atomic mass is 16.5. The van der Waals surface area contributed by atoms with Crippen molar-refractivity contribution in [3.63, 3.8) is 0 Å². The van der Waals surface area contributed by atoms with Gasteiger partial charge in [0, 0.05) is 19.2 Å². The molecule has 0 unspecified atom stereocenters. The number of nitrogens with zero attached hydrogens (tertiary/aromatic N) is 2. The van der Waals surface area contributed by atoms with E-state index in [1.165, 1.54) is 0 Å². The van der Waals surface area contributed by atoms with E-state index in [0.717, 1.165) is 17.1 Å². The topological polar surface area (TPSA) is 67.5 Å². The summed E-state index contributed by atoms with van der Waals surface area (Å²) in [6.07, 6.45) is 0. The summed E-state index contributed by atoms with van der Waals surface area (Å²) in [4.78, 5) is 21.4. The summed E-state index contributed by atoms with van der Waals surface area (Å²) >= 11 is 0. The Bertz CT molecular complexity index is 921. The van der Waals surface area contributed by atoms with Crippen LogP contribution in [0.5, 0.6) is 11.5 Å². The van der Waals surface area contributed by atoms with E-state index in [9.17, 15) is 4.79 Å². The zero-order valence-corrected chi connectivity index (χ0v) is 13.9. The number of nitrogens with one attached hydrogen (secondary N) is 1. The van der Waals surface area contributed by atoms with Gasteiger partial charge in [0.15, 0.2) is 0 Å². The zero-order valence-electron chi connectivity index (χ0n) is 13.9. The van der Waals surface area contributed by atoms with Crippen molar-refractivity contribution in [3.05, 3.63) is 58.4 Å². The number of aromatic nitrogens is 2. The molecule has 3 rings (SSSR count). The number of benzene rings is 2. The number of methoxy groups -OCH3 is 2. The van der Waals surface area contributed by atoms with Crippen LogP contribution < -0.4 is 19.9 Å². The van der Waals surface area contributed by atoms with Crippen LogP contribution in [0.2, 0.25) is 0 Å². The minimum Gasteiger partial charge on any atom is -0.497 e. The third-order valence-electron chi connectivity index (χ3n) is 3.86. The van der Waals surface area contributed by atoms with Gasteiger partial charge in [-0.15, -0.1) is 0 Å². The molecule has 24 heavy (non-hydrogen) atoms. The monoisotopic (exact) mass is 325 g/mol. The molecule has 0 aliphatic rings. The Morgan fingerprint density at radius 3 is 2.67 bits per heavy atom. The number of rotatable bonds is 5. The molecule has 6 heteroatoms. The normalized spacial score (nSPS) is 10.6. The first kappa shape index (κ1) is 15.9. The van der Waals surface area contributed by atoms with Gasteiger partial charge in [-0.05, 0) is 30.3 Å². The van der Waals surface area contributed by atoms with E-state index in [4.69, 9.17) is 9.47 Å². The van der Waals surface area contributed by atoms with Gasteiger partial charge in [-0.1, -0.05) is 12.1 Å². The van der Waals surface area contributed by atoms with Crippen LogP contribution in [0.1, 0.15) is 5.56 Å². The summed E-state index contributed by atoms with van der Waals surface area (Å²) in [6, 6.07) is 12.9. The molecule has 3 aromatic rings. The predicted octanol–water partition coefficient (Wildman–Crippen LogP) is 2.58. The van der Waals surface area contributed by atoms with Crippen molar-refractivity contribution in [1.82, 2.24) is 9.97 Å². The van der Waals surface area contributed by atoms with Gasteiger partial charge in [-0.3, -0.25) is 9.78 Å². The molecule has 0 amide bonds. The lowest BCUT2D eigenvalue weighted by molar-refractivity contribution is 0.398. The van der Waals surface area contributed by atoms with Gasteiger partial charge in [-0.2, -0.15) is 0 Å². The molecule has 6 nitrogen and oxygen atoms in total. The lowest BCUT2D eigenvalue weighted by atomic mass is 10.2. The van der Waals surface area contributed by atoms with E-state index in [1.807, 2.05) is 48.3 Å². The number of aromatic amines is 1. The summed E-state index contributed by atoms with van der Waals surface area (Å²) in [6.45, 7) is 0.516. The summed E-state index contributed by atoms with van der Waals surface area (Å²) in [5.74, 6) is 2.01. The van der Waals surface area contributed by atoms with E-state index in [-0.39, 0.29) is 5.56 Å². The highest BCUT2D eigenvalue weighted by molar-refractivity contribution is 5.78. The van der Waals surface area contributed by atoms with Crippen molar-refractivity contribution in [1.29, 1.82) is 0 Å². The molecule has 124 valence electrons. The number of hydrogen-bond acceptors (Lipinski definition) is 5. The van der Waals surface area contributed by atoms with Crippen LogP contribution in [0.15, 0.2) is 47.3 Å². The van der Waals surface area contributed by atoms with Gasteiger partial charge < -0.3 is 14.4 Å². The van der Waals surface area contributed by atoms with E-state index >= 15 is 0 Å². The number of para-hydroxylation sites is 1. The fourth-order valence-corrected chi connectivity index (χ4v) is 2.59. The second-order valence-electron chi connectivity index (χ2n) is 5.44. The number of ether oxygens (including phenoxy) is 2. The third kappa shape index (κ3) is 3.03. The second-order valence-corrected chi connectivity index (χ2v) is 5.44. The Balaban J connectivity index is 1.95. The zero-order chi connectivity index (χ0) is 17.1. The lowest BCUT2D eigenvalue weighted by Gasteiger charge is -2.20. The first-order chi connectivity index (χ1) is 11.6. The molecule has 1 N–H and O–H groups in total. The highest BCUT2D eigenvalue weighted by Crippen LogP contribution is 2.26. The van der Waals surface area contributed by atoms with Crippen LogP contribution in [0.25, 0.3) is 10.9 Å². The fraction of sp³-hybridized carbons (Fsp3) is 0.222. The molecule has 1 aromatic heterocycles. The number of hydrogen-bond donors (Lipinski definition) is 1. The van der Waals surface area contributed by atoms with Crippen molar-refractivity contribution in [2.75, 3.05) is 26.2 Å². The molecule has 0 saturated carbocycles. The van der Waals surface area contributed by atoms with Gasteiger partial charge in [0.25, 0.3) is 5.56 Å². The first-order valence-electron chi connectivity index (χ1n) is 7.53. The molecule has 0 bridgehead atoms. The molecule has 0 radical (unpaired) electrons. The van der Waals surface area contributed by atoms with Crippen LogP contribution in [-0.2, 0) is 6.54 Å². The van der Waals surface area contributed by atoms with Crippen LogP contribution in [-0.4, -0.2) is 31.2 Å². The standard InChI is InChI=1S/C18H19N3O3/c1-21(11-12-10-13(23-2)8-9-16(12)24-3)18-19-15-7-5-4-6-14(15)17(22)20-18/h4-10H,11H2,1-3H3,(H,19,20,22). The quantitative estimate of drug-likeness (QED) is 0.781. The maximum Gasteiger partial charge on any atom is 0.260 e. The minimum atomic E-state index is -0.153. The highest BCUT2D eigenvalue weighted by Gasteiger charge is 2.12. The van der Waals surface area contributed by atoms with Crippen molar-refractivity contribution in [3.8, 4) is 11.5 Å². The molecule has 0 atom stereocenters. The molecule has 0 saturated heterocycles. The van der Waals surface area contributed by atoms with Crippen molar-refractivity contribution in [2.45, 2.75) is 6.54 Å². The Labute approximate surface area is 139 Å². The largest absolute Gasteiger partial charge is 0.497 e. The molecule has 2 aromatic carbocycles. The number of anilines is 1. The van der Waals surface area contributed by atoms with E-state index in [0.29, 0.717) is 23.4 Å². The molecular weight excluding hydrogens is 306 g/mol. The Morgan fingerprint density at radius 1 is 1.12 bits per heavy atom. The van der Waals surface area contributed by atoms with Gasteiger partial charge in [0.2, 0.25) is 5.95 Å². The molecule has 1 heterocycles. The number of fused-ring (bicyclic) bond motifs is 1. The Kier molecular flexibility index (Phi) is 4.37. The molecule has 0 spiro atoms. The molecule has 0 aliphatic heterocycles.